The van der Waals surface area contributed by atoms with E-state index < -0.39 is 117 Å². The van der Waals surface area contributed by atoms with E-state index >= 15 is 0 Å². The number of ether oxygens (including phenoxy) is 6. The van der Waals surface area contributed by atoms with Crippen molar-refractivity contribution in [3.8, 4) is 0 Å². The zero-order valence-corrected chi connectivity index (χ0v) is 39.5. The summed E-state index contributed by atoms with van der Waals surface area (Å²) in [5.41, 5.74) is 0.247. The highest BCUT2D eigenvalue weighted by atomic mass is 16.8. The maximum absolute atomic E-state index is 11.7. The Labute approximate surface area is 383 Å². The summed E-state index contributed by atoms with van der Waals surface area (Å²) in [6.07, 6.45) is -14.8. The van der Waals surface area contributed by atoms with E-state index in [-0.39, 0.29) is 45.7 Å². The number of aliphatic hydroxyl groups excluding tert-OH is 11. The Kier molecular flexibility index (Phi) is 13.8. The molecule has 17 heteroatoms. The van der Waals surface area contributed by atoms with E-state index in [1.54, 1.807) is 0 Å². The van der Waals surface area contributed by atoms with Gasteiger partial charge in [-0.3, -0.25) is 0 Å². The predicted octanol–water partition coefficient (Wildman–Crippen LogP) is 0.612. The highest BCUT2D eigenvalue weighted by Crippen LogP contribution is 2.76. The van der Waals surface area contributed by atoms with Crippen LogP contribution in [0.5, 0.6) is 0 Å². The molecule has 0 bridgehead atoms. The fourth-order valence-corrected chi connectivity index (χ4v) is 15.1. The van der Waals surface area contributed by atoms with Gasteiger partial charge in [0.1, 0.15) is 67.1 Å². The van der Waals surface area contributed by atoms with Crippen LogP contribution in [0.1, 0.15) is 113 Å². The maximum Gasteiger partial charge on any atom is 0.187 e. The molecule has 3 saturated heterocycles. The van der Waals surface area contributed by atoms with Crippen molar-refractivity contribution in [3.05, 3.63) is 11.6 Å². The topological polar surface area (TPSA) is 278 Å². The van der Waals surface area contributed by atoms with Crippen LogP contribution in [0.15, 0.2) is 11.6 Å². The van der Waals surface area contributed by atoms with Gasteiger partial charge in [-0.05, 0) is 104 Å². The maximum atomic E-state index is 11.7. The van der Waals surface area contributed by atoms with Crippen LogP contribution in [0.4, 0.5) is 0 Å². The Morgan fingerprint density at radius 2 is 1.17 bits per heavy atom. The Morgan fingerprint density at radius 1 is 0.585 bits per heavy atom. The molecule has 0 amide bonds. The van der Waals surface area contributed by atoms with Gasteiger partial charge in [0.05, 0.1) is 38.1 Å². The molecule has 8 rings (SSSR count). The molecule has 0 aromatic carbocycles. The molecule has 0 radical (unpaired) electrons. The molecule has 25 atom stereocenters. The minimum absolute atomic E-state index is 0.00799. The van der Waals surface area contributed by atoms with Crippen molar-refractivity contribution in [3.63, 3.8) is 0 Å². The molecular formula is C48H80O17. The summed E-state index contributed by atoms with van der Waals surface area (Å²) in [5.74, 6) is 0.587. The molecule has 17 nitrogen and oxygen atoms in total. The van der Waals surface area contributed by atoms with Crippen molar-refractivity contribution in [2.24, 2.45) is 50.2 Å². The van der Waals surface area contributed by atoms with Gasteiger partial charge in [0.25, 0.3) is 0 Å². The van der Waals surface area contributed by atoms with Crippen LogP contribution in [-0.2, 0) is 28.4 Å². The summed E-state index contributed by atoms with van der Waals surface area (Å²) < 4.78 is 36.7. The van der Waals surface area contributed by atoms with E-state index in [9.17, 15) is 56.2 Å². The molecule has 11 N–H and O–H groups in total. The SMILES string of the molecule is C[C@@H]1O[C@@H](O[C@H]2[C@H](O[C@H]3[C@H](O[C@H]4CC[C@@]5(C)[C@@H](CC[C@]6(C)[C@@H]5CC=C5[C@@H]7CC(C)(C)C[C@@H](O)[C@]7(C)CC[C@]56C)[C@@]4(C)CO)O[C@H](CO)[C@@H](O)[C@@H]3O)O[C@H](CO)[C@H](O)[C@@H]2O)[C@H](O)[C@H](O)[C@H]1O. The highest BCUT2D eigenvalue weighted by molar-refractivity contribution is 5.34. The first-order valence-electron chi connectivity index (χ1n) is 24.3. The van der Waals surface area contributed by atoms with Crippen LogP contribution >= 0.6 is 0 Å². The molecule has 3 aliphatic heterocycles. The van der Waals surface area contributed by atoms with Gasteiger partial charge in [-0.1, -0.05) is 60.1 Å². The van der Waals surface area contributed by atoms with Crippen molar-refractivity contribution in [2.45, 2.75) is 218 Å². The summed E-state index contributed by atoms with van der Waals surface area (Å²) in [7, 11) is 0. The van der Waals surface area contributed by atoms with Crippen molar-refractivity contribution in [2.75, 3.05) is 19.8 Å². The van der Waals surface area contributed by atoms with Gasteiger partial charge in [-0.25, -0.2) is 0 Å². The molecule has 0 unspecified atom stereocenters. The Hall–Kier alpha value is -0.940. The second-order valence-corrected chi connectivity index (χ2v) is 23.6. The first-order valence-corrected chi connectivity index (χ1v) is 24.3. The van der Waals surface area contributed by atoms with E-state index in [0.717, 1.165) is 51.4 Å². The van der Waals surface area contributed by atoms with Crippen molar-refractivity contribution in [1.29, 1.82) is 0 Å². The number of hydrogen-bond donors (Lipinski definition) is 11. The standard InChI is InChI=1S/C48H80O17/c1-22-31(53)34(56)37(59)40(60-22)64-39-36(58)33(55)26(20-50)62-42(39)65-38-35(57)32(54)25(19-49)61-41(38)63-30-12-13-45(5)27(46(30,6)21-51)11-14-48(8)28(45)10-9-23-24-17-43(2,3)18-29(52)44(24,4)15-16-47(23,48)7/h9,22,24-42,49-59H,10-21H2,1-8H3/t22-,24-,25+,26+,27+,28+,29+,30-,31-,32+,33-,34+,35-,36-,37+,38+,39+,40-,41-,42-,44+,45-,46+,47+,48+/m0/s1. The van der Waals surface area contributed by atoms with E-state index in [2.05, 4.69) is 47.6 Å². The predicted molar refractivity (Wildman–Crippen MR) is 230 cm³/mol. The molecule has 7 fully saturated rings. The molecule has 0 aromatic heterocycles. The molecule has 65 heavy (non-hydrogen) atoms. The first kappa shape index (κ1) is 50.4. The first-order chi connectivity index (χ1) is 30.4. The van der Waals surface area contributed by atoms with E-state index in [1.807, 2.05) is 6.92 Å². The Morgan fingerprint density at radius 3 is 1.75 bits per heavy atom. The van der Waals surface area contributed by atoms with Crippen LogP contribution in [0.25, 0.3) is 0 Å². The Bertz CT molecular complexity index is 1730. The average Bonchev–Trinajstić information content (AvgIpc) is 3.25. The number of aliphatic hydroxyl groups is 11. The van der Waals surface area contributed by atoms with Crippen LogP contribution in [-0.4, -0.2) is 180 Å². The second kappa shape index (κ2) is 17.7. The summed E-state index contributed by atoms with van der Waals surface area (Å²) in [6.45, 7) is 16.0. The van der Waals surface area contributed by atoms with Gasteiger partial charge < -0.3 is 84.6 Å². The van der Waals surface area contributed by atoms with Crippen molar-refractivity contribution in [1.82, 2.24) is 0 Å². The molecule has 4 saturated carbocycles. The lowest BCUT2D eigenvalue weighted by atomic mass is 9.33. The quantitative estimate of drug-likeness (QED) is 0.112. The molecule has 374 valence electrons. The number of hydrogen-bond acceptors (Lipinski definition) is 17. The van der Waals surface area contributed by atoms with Gasteiger partial charge in [-0.15, -0.1) is 0 Å². The average molecular weight is 929 g/mol. The smallest absolute Gasteiger partial charge is 0.187 e. The van der Waals surface area contributed by atoms with Crippen LogP contribution in [0.3, 0.4) is 0 Å². The van der Waals surface area contributed by atoms with Crippen LogP contribution < -0.4 is 0 Å². The van der Waals surface area contributed by atoms with Gasteiger partial charge in [-0.2, -0.15) is 0 Å². The van der Waals surface area contributed by atoms with Crippen molar-refractivity contribution < 1.29 is 84.6 Å². The van der Waals surface area contributed by atoms with Gasteiger partial charge in [0.15, 0.2) is 18.9 Å². The van der Waals surface area contributed by atoms with E-state index in [0.29, 0.717) is 18.3 Å². The van der Waals surface area contributed by atoms with Crippen LogP contribution in [0.2, 0.25) is 0 Å². The summed E-state index contributed by atoms with van der Waals surface area (Å²) in [4.78, 5) is 0. The summed E-state index contributed by atoms with van der Waals surface area (Å²) in [6, 6.07) is 0. The lowest BCUT2D eigenvalue weighted by Crippen LogP contribution is -2.68. The van der Waals surface area contributed by atoms with E-state index in [1.165, 1.54) is 12.5 Å². The zero-order valence-electron chi connectivity index (χ0n) is 39.5. The normalized spacial score (nSPS) is 56.7. The largest absolute Gasteiger partial charge is 0.396 e. The minimum atomic E-state index is -1.85. The molecule has 5 aliphatic carbocycles. The van der Waals surface area contributed by atoms with Gasteiger partial charge in [0, 0.05) is 10.8 Å². The van der Waals surface area contributed by atoms with Crippen molar-refractivity contribution >= 4 is 0 Å². The third-order valence-corrected chi connectivity index (χ3v) is 19.5. The molecule has 3 heterocycles. The number of fused-ring (bicyclic) bond motifs is 7. The summed E-state index contributed by atoms with van der Waals surface area (Å²) >= 11 is 0. The molecule has 8 aliphatic rings. The van der Waals surface area contributed by atoms with Gasteiger partial charge >= 0.3 is 0 Å². The minimum Gasteiger partial charge on any atom is -0.396 e. The fraction of sp³-hybridized carbons (Fsp3) is 0.958. The Balaban J connectivity index is 1.06. The second-order valence-electron chi connectivity index (χ2n) is 23.6. The van der Waals surface area contributed by atoms with E-state index in [4.69, 9.17) is 28.4 Å². The monoisotopic (exact) mass is 929 g/mol. The highest BCUT2D eigenvalue weighted by Gasteiger charge is 2.70. The fourth-order valence-electron chi connectivity index (χ4n) is 15.1. The molecule has 0 spiro atoms. The lowest BCUT2D eigenvalue weighted by molar-refractivity contribution is -0.398. The van der Waals surface area contributed by atoms with Gasteiger partial charge in [0.2, 0.25) is 0 Å². The lowest BCUT2D eigenvalue weighted by Gasteiger charge is -2.72. The molecule has 0 aromatic rings. The molecular weight excluding hydrogens is 849 g/mol. The van der Waals surface area contributed by atoms with Crippen LogP contribution in [0, 0.1) is 50.2 Å². The number of allylic oxidation sites excluding steroid dienone is 2. The third-order valence-electron chi connectivity index (χ3n) is 19.5. The number of rotatable bonds is 9. The summed E-state index contributed by atoms with van der Waals surface area (Å²) in [5, 5.41) is 120. The zero-order chi connectivity index (χ0) is 47.6. The third kappa shape index (κ3) is 7.85.